The first-order valence-electron chi connectivity index (χ1n) is 7.61. The summed E-state index contributed by atoms with van der Waals surface area (Å²) in [6.07, 6.45) is 8.79. The molecular weight excluding hydrogens is 297 g/mol. The molecule has 1 amide bonds. The summed E-state index contributed by atoms with van der Waals surface area (Å²) in [7, 11) is 0. The summed E-state index contributed by atoms with van der Waals surface area (Å²) in [5.74, 6) is 0.228. The maximum Gasteiger partial charge on any atom is 0.237 e. The van der Waals surface area contributed by atoms with Crippen molar-refractivity contribution in [2.45, 2.75) is 63.1 Å². The number of hydrogen-bond acceptors (Lipinski definition) is 3. The SMILES string of the molecule is Cl.Cl.O=C(NC1CCN(C2CCCC2)C1)C1CCCN1. The van der Waals surface area contributed by atoms with E-state index in [2.05, 4.69) is 15.5 Å². The van der Waals surface area contributed by atoms with Gasteiger partial charge in [-0.2, -0.15) is 0 Å². The van der Waals surface area contributed by atoms with Gasteiger partial charge in [-0.05, 0) is 38.6 Å². The van der Waals surface area contributed by atoms with Gasteiger partial charge >= 0.3 is 0 Å². The normalized spacial score (nSPS) is 30.8. The number of likely N-dealkylation sites (tertiary alicyclic amines) is 1. The van der Waals surface area contributed by atoms with Crippen molar-refractivity contribution in [2.24, 2.45) is 0 Å². The summed E-state index contributed by atoms with van der Waals surface area (Å²) in [5, 5.41) is 6.50. The van der Waals surface area contributed by atoms with Crippen LogP contribution in [0.1, 0.15) is 44.9 Å². The molecule has 3 fully saturated rings. The molecule has 1 saturated carbocycles. The quantitative estimate of drug-likeness (QED) is 0.831. The van der Waals surface area contributed by atoms with E-state index in [1.54, 1.807) is 0 Å². The molecule has 0 aromatic heterocycles. The fourth-order valence-corrected chi connectivity index (χ4v) is 3.72. The maximum atomic E-state index is 12.0. The van der Waals surface area contributed by atoms with Gasteiger partial charge in [0.1, 0.15) is 0 Å². The van der Waals surface area contributed by atoms with E-state index in [0.29, 0.717) is 6.04 Å². The lowest BCUT2D eigenvalue weighted by Gasteiger charge is -2.23. The molecule has 1 aliphatic carbocycles. The molecule has 6 heteroatoms. The number of carbonyl (C=O) groups excluding carboxylic acids is 1. The van der Waals surface area contributed by atoms with E-state index in [1.165, 1.54) is 32.2 Å². The standard InChI is InChI=1S/C14H25N3O.2ClH/c18-14(13-6-3-8-15-13)16-11-7-9-17(10-11)12-4-1-2-5-12;;/h11-13,15H,1-10H2,(H,16,18);2*1H. The molecule has 3 rings (SSSR count). The molecule has 2 atom stereocenters. The van der Waals surface area contributed by atoms with Gasteiger partial charge in [0.25, 0.3) is 0 Å². The highest BCUT2D eigenvalue weighted by molar-refractivity contribution is 5.85. The minimum Gasteiger partial charge on any atom is -0.351 e. The number of nitrogens with one attached hydrogen (secondary N) is 2. The van der Waals surface area contributed by atoms with E-state index >= 15 is 0 Å². The Balaban J connectivity index is 0.000001000. The van der Waals surface area contributed by atoms with Crippen LogP contribution >= 0.6 is 24.8 Å². The van der Waals surface area contributed by atoms with Crippen LogP contribution < -0.4 is 10.6 Å². The number of amides is 1. The van der Waals surface area contributed by atoms with Gasteiger partial charge in [0.15, 0.2) is 0 Å². The Bertz CT molecular complexity index is 305. The van der Waals surface area contributed by atoms with E-state index in [9.17, 15) is 4.79 Å². The summed E-state index contributed by atoms with van der Waals surface area (Å²) in [6.45, 7) is 3.24. The fourth-order valence-electron chi connectivity index (χ4n) is 3.72. The highest BCUT2D eigenvalue weighted by atomic mass is 35.5. The van der Waals surface area contributed by atoms with Crippen molar-refractivity contribution in [3.63, 3.8) is 0 Å². The second-order valence-corrected chi connectivity index (χ2v) is 6.08. The summed E-state index contributed by atoms with van der Waals surface area (Å²) in [4.78, 5) is 14.6. The first kappa shape index (κ1) is 18.0. The monoisotopic (exact) mass is 323 g/mol. The molecule has 2 unspecified atom stereocenters. The van der Waals surface area contributed by atoms with E-state index in [-0.39, 0.29) is 36.8 Å². The largest absolute Gasteiger partial charge is 0.351 e. The van der Waals surface area contributed by atoms with E-state index in [1.807, 2.05) is 0 Å². The molecular formula is C14H27Cl2N3O. The van der Waals surface area contributed by atoms with Crippen LogP contribution in [0.25, 0.3) is 0 Å². The Morgan fingerprint density at radius 3 is 2.45 bits per heavy atom. The zero-order chi connectivity index (χ0) is 12.4. The van der Waals surface area contributed by atoms with Gasteiger partial charge in [-0.1, -0.05) is 12.8 Å². The zero-order valence-electron chi connectivity index (χ0n) is 12.0. The maximum absolute atomic E-state index is 12.0. The highest BCUT2D eigenvalue weighted by Gasteiger charge is 2.32. The molecule has 118 valence electrons. The van der Waals surface area contributed by atoms with Crippen LogP contribution in [0.5, 0.6) is 0 Å². The number of halogens is 2. The molecule has 0 bridgehead atoms. The lowest BCUT2D eigenvalue weighted by atomic mass is 10.2. The summed E-state index contributed by atoms with van der Waals surface area (Å²) in [5.41, 5.74) is 0. The third-order valence-electron chi connectivity index (χ3n) is 4.78. The first-order valence-corrected chi connectivity index (χ1v) is 7.61. The number of nitrogens with zero attached hydrogens (tertiary/aromatic N) is 1. The lowest BCUT2D eigenvalue weighted by Crippen LogP contribution is -2.46. The van der Waals surface area contributed by atoms with Crippen LogP contribution in [-0.2, 0) is 4.79 Å². The lowest BCUT2D eigenvalue weighted by molar-refractivity contribution is -0.123. The molecule has 0 aromatic carbocycles. The van der Waals surface area contributed by atoms with Gasteiger partial charge < -0.3 is 10.6 Å². The van der Waals surface area contributed by atoms with Crippen LogP contribution in [0, 0.1) is 0 Å². The summed E-state index contributed by atoms with van der Waals surface area (Å²) >= 11 is 0. The second kappa shape index (κ2) is 8.42. The number of rotatable bonds is 3. The van der Waals surface area contributed by atoms with Crippen LogP contribution in [0.3, 0.4) is 0 Å². The van der Waals surface area contributed by atoms with Crippen LogP contribution in [0.15, 0.2) is 0 Å². The Morgan fingerprint density at radius 1 is 1.05 bits per heavy atom. The van der Waals surface area contributed by atoms with E-state index in [4.69, 9.17) is 0 Å². The molecule has 3 aliphatic rings. The number of carbonyl (C=O) groups is 1. The van der Waals surface area contributed by atoms with Gasteiger partial charge in [-0.15, -0.1) is 24.8 Å². The molecule has 2 heterocycles. The van der Waals surface area contributed by atoms with Crippen molar-refractivity contribution < 1.29 is 4.79 Å². The van der Waals surface area contributed by atoms with Gasteiger partial charge in [0.05, 0.1) is 6.04 Å². The van der Waals surface area contributed by atoms with Crippen molar-refractivity contribution in [1.82, 2.24) is 15.5 Å². The smallest absolute Gasteiger partial charge is 0.237 e. The van der Waals surface area contributed by atoms with Crippen LogP contribution in [0.4, 0.5) is 0 Å². The Kier molecular flexibility index (Phi) is 7.59. The summed E-state index contributed by atoms with van der Waals surface area (Å²) < 4.78 is 0. The molecule has 0 aromatic rings. The van der Waals surface area contributed by atoms with Crippen molar-refractivity contribution in [2.75, 3.05) is 19.6 Å². The van der Waals surface area contributed by atoms with Gasteiger partial charge in [0.2, 0.25) is 5.91 Å². The highest BCUT2D eigenvalue weighted by Crippen LogP contribution is 2.26. The molecule has 0 radical (unpaired) electrons. The van der Waals surface area contributed by atoms with Gasteiger partial charge in [-0.3, -0.25) is 9.69 Å². The van der Waals surface area contributed by atoms with Crippen molar-refractivity contribution in [1.29, 1.82) is 0 Å². The van der Waals surface area contributed by atoms with Crippen molar-refractivity contribution in [3.8, 4) is 0 Å². The van der Waals surface area contributed by atoms with E-state index < -0.39 is 0 Å². The third kappa shape index (κ3) is 4.23. The van der Waals surface area contributed by atoms with E-state index in [0.717, 1.165) is 38.4 Å². The molecule has 2 aliphatic heterocycles. The molecule has 2 saturated heterocycles. The minimum absolute atomic E-state index is 0. The van der Waals surface area contributed by atoms with Crippen molar-refractivity contribution >= 4 is 30.7 Å². The Labute approximate surface area is 134 Å². The minimum atomic E-state index is 0. The average molecular weight is 324 g/mol. The molecule has 4 nitrogen and oxygen atoms in total. The van der Waals surface area contributed by atoms with Gasteiger partial charge in [0, 0.05) is 25.2 Å². The van der Waals surface area contributed by atoms with Crippen LogP contribution in [-0.4, -0.2) is 48.6 Å². The predicted octanol–water partition coefficient (Wildman–Crippen LogP) is 1.72. The zero-order valence-corrected chi connectivity index (χ0v) is 13.6. The number of hydrogen-bond donors (Lipinski definition) is 2. The molecule has 20 heavy (non-hydrogen) atoms. The Morgan fingerprint density at radius 2 is 1.80 bits per heavy atom. The Hall–Kier alpha value is -0.0300. The topological polar surface area (TPSA) is 44.4 Å². The van der Waals surface area contributed by atoms with Gasteiger partial charge in [-0.25, -0.2) is 0 Å². The average Bonchev–Trinajstić information content (AvgIpc) is 3.12. The molecule has 2 N–H and O–H groups in total. The summed E-state index contributed by atoms with van der Waals surface area (Å²) in [6, 6.07) is 1.27. The van der Waals surface area contributed by atoms with Crippen molar-refractivity contribution in [3.05, 3.63) is 0 Å². The first-order chi connectivity index (χ1) is 8.83. The molecule has 0 spiro atoms. The predicted molar refractivity (Wildman–Crippen MR) is 85.9 cm³/mol. The second-order valence-electron chi connectivity index (χ2n) is 6.08. The third-order valence-corrected chi connectivity index (χ3v) is 4.78. The fraction of sp³-hybridized carbons (Fsp3) is 0.929. The van der Waals surface area contributed by atoms with Crippen LogP contribution in [0.2, 0.25) is 0 Å².